The smallest absolute Gasteiger partial charge is 0.269 e. The van der Waals surface area contributed by atoms with E-state index in [0.717, 1.165) is 16.7 Å². The molecule has 0 amide bonds. The molecule has 4 heteroatoms. The number of nitrogens with zero attached hydrogens (tertiary/aromatic N) is 2. The van der Waals surface area contributed by atoms with Gasteiger partial charge in [0.05, 0.1) is 6.54 Å². The highest BCUT2D eigenvalue weighted by Crippen LogP contribution is 2.16. The Morgan fingerprint density at radius 1 is 1.32 bits per heavy atom. The number of rotatable bonds is 2. The van der Waals surface area contributed by atoms with Crippen LogP contribution in [0.3, 0.4) is 0 Å². The van der Waals surface area contributed by atoms with Gasteiger partial charge in [0.1, 0.15) is 11.6 Å². The van der Waals surface area contributed by atoms with E-state index in [1.807, 2.05) is 31.2 Å². The second kappa shape index (κ2) is 5.29. The van der Waals surface area contributed by atoms with Crippen LogP contribution in [-0.4, -0.2) is 4.57 Å². The van der Waals surface area contributed by atoms with E-state index in [1.54, 1.807) is 19.2 Å². The van der Waals surface area contributed by atoms with E-state index in [4.69, 9.17) is 16.9 Å². The lowest BCUT2D eigenvalue weighted by Gasteiger charge is -2.11. The first-order valence-electron chi connectivity index (χ1n) is 5.88. The summed E-state index contributed by atoms with van der Waals surface area (Å²) in [6.07, 6.45) is 1.77. The van der Waals surface area contributed by atoms with E-state index in [-0.39, 0.29) is 11.1 Å². The number of aromatic nitrogens is 1. The molecule has 2 aromatic rings. The van der Waals surface area contributed by atoms with Crippen molar-refractivity contribution in [1.82, 2.24) is 4.57 Å². The average molecular weight is 273 g/mol. The Morgan fingerprint density at radius 2 is 2.00 bits per heavy atom. The van der Waals surface area contributed by atoms with Gasteiger partial charge in [-0.15, -0.1) is 0 Å². The lowest BCUT2D eigenvalue weighted by molar-refractivity contribution is 0.748. The summed E-state index contributed by atoms with van der Waals surface area (Å²) in [7, 11) is 0. The summed E-state index contributed by atoms with van der Waals surface area (Å²) in [5.41, 5.74) is 2.45. The van der Waals surface area contributed by atoms with Crippen molar-refractivity contribution >= 4 is 11.6 Å². The molecule has 0 saturated carbocycles. The summed E-state index contributed by atoms with van der Waals surface area (Å²) >= 11 is 6.09. The van der Waals surface area contributed by atoms with Gasteiger partial charge in [-0.1, -0.05) is 29.8 Å². The molecular weight excluding hydrogens is 260 g/mol. The second-order valence-corrected chi connectivity index (χ2v) is 4.86. The van der Waals surface area contributed by atoms with Gasteiger partial charge < -0.3 is 4.57 Å². The predicted octanol–water partition coefficient (Wildman–Crippen LogP) is 3.04. The van der Waals surface area contributed by atoms with Gasteiger partial charge in [0.2, 0.25) is 0 Å². The molecule has 0 unspecified atom stereocenters. The Labute approximate surface area is 116 Å². The first-order chi connectivity index (χ1) is 9.04. The van der Waals surface area contributed by atoms with Gasteiger partial charge in [0.25, 0.3) is 5.56 Å². The zero-order chi connectivity index (χ0) is 14.0. The molecule has 3 nitrogen and oxygen atoms in total. The molecule has 0 radical (unpaired) electrons. The van der Waals surface area contributed by atoms with E-state index >= 15 is 0 Å². The minimum absolute atomic E-state index is 0.201. The van der Waals surface area contributed by atoms with Crippen molar-refractivity contribution in [3.63, 3.8) is 0 Å². The Balaban J connectivity index is 2.54. The molecule has 0 saturated heterocycles. The van der Waals surface area contributed by atoms with E-state index < -0.39 is 0 Å². The third-order valence-electron chi connectivity index (χ3n) is 3.20. The molecule has 19 heavy (non-hydrogen) atoms. The van der Waals surface area contributed by atoms with Crippen molar-refractivity contribution in [3.8, 4) is 6.07 Å². The zero-order valence-electron chi connectivity index (χ0n) is 10.8. The normalized spacial score (nSPS) is 10.2. The van der Waals surface area contributed by atoms with Crippen LogP contribution >= 0.6 is 11.6 Å². The van der Waals surface area contributed by atoms with Crippen molar-refractivity contribution < 1.29 is 0 Å². The van der Waals surface area contributed by atoms with Gasteiger partial charge in [0.15, 0.2) is 0 Å². The van der Waals surface area contributed by atoms with Crippen LogP contribution in [0.1, 0.15) is 22.3 Å². The third-order valence-corrected chi connectivity index (χ3v) is 3.57. The molecule has 0 N–H and O–H groups in total. The fraction of sp³-hybridized carbons (Fsp3) is 0.200. The minimum atomic E-state index is -0.273. The summed E-state index contributed by atoms with van der Waals surface area (Å²) in [6.45, 7) is 4.04. The van der Waals surface area contributed by atoms with Crippen molar-refractivity contribution in [1.29, 1.82) is 5.26 Å². The van der Waals surface area contributed by atoms with Crippen molar-refractivity contribution in [2.24, 2.45) is 0 Å². The topological polar surface area (TPSA) is 45.8 Å². The van der Waals surface area contributed by atoms with Gasteiger partial charge in [0, 0.05) is 11.2 Å². The summed E-state index contributed by atoms with van der Waals surface area (Å²) in [6, 6.07) is 9.35. The molecule has 0 bridgehead atoms. The Bertz CT molecular complexity index is 726. The molecule has 0 aliphatic rings. The van der Waals surface area contributed by atoms with E-state index in [2.05, 4.69) is 0 Å². The largest absolute Gasteiger partial charge is 0.310 e. The van der Waals surface area contributed by atoms with Gasteiger partial charge in [-0.3, -0.25) is 4.79 Å². The molecule has 1 aromatic heterocycles. The van der Waals surface area contributed by atoms with Gasteiger partial charge >= 0.3 is 0 Å². The Hall–Kier alpha value is -2.05. The SMILES string of the molecule is Cc1cn(Cc2ccccc2Cl)c(=O)c(C#N)c1C. The van der Waals surface area contributed by atoms with Crippen LogP contribution in [0.2, 0.25) is 5.02 Å². The summed E-state index contributed by atoms with van der Waals surface area (Å²) < 4.78 is 1.53. The zero-order valence-corrected chi connectivity index (χ0v) is 11.5. The maximum atomic E-state index is 12.2. The number of halogens is 1. The predicted molar refractivity (Wildman–Crippen MR) is 75.4 cm³/mol. The molecule has 0 fully saturated rings. The number of hydrogen-bond donors (Lipinski definition) is 0. The number of aryl methyl sites for hydroxylation is 1. The minimum Gasteiger partial charge on any atom is -0.310 e. The van der Waals surface area contributed by atoms with Gasteiger partial charge in [-0.2, -0.15) is 5.26 Å². The van der Waals surface area contributed by atoms with Crippen LogP contribution in [0, 0.1) is 25.2 Å². The monoisotopic (exact) mass is 272 g/mol. The quantitative estimate of drug-likeness (QED) is 0.843. The average Bonchev–Trinajstić information content (AvgIpc) is 2.39. The lowest BCUT2D eigenvalue weighted by Crippen LogP contribution is -2.24. The van der Waals surface area contributed by atoms with Crippen molar-refractivity contribution in [3.05, 3.63) is 68.1 Å². The number of benzene rings is 1. The van der Waals surface area contributed by atoms with Crippen LogP contribution in [0.4, 0.5) is 0 Å². The molecule has 96 valence electrons. The number of pyridine rings is 1. The fourth-order valence-electron chi connectivity index (χ4n) is 1.95. The highest BCUT2D eigenvalue weighted by atomic mass is 35.5. The molecule has 1 heterocycles. The summed E-state index contributed by atoms with van der Waals surface area (Å²) in [5.74, 6) is 0. The molecule has 1 aromatic carbocycles. The van der Waals surface area contributed by atoms with Gasteiger partial charge in [-0.25, -0.2) is 0 Å². The van der Waals surface area contributed by atoms with Crippen LogP contribution < -0.4 is 5.56 Å². The molecule has 0 aliphatic carbocycles. The van der Waals surface area contributed by atoms with Crippen LogP contribution in [0.15, 0.2) is 35.3 Å². The number of nitriles is 1. The van der Waals surface area contributed by atoms with Gasteiger partial charge in [-0.05, 0) is 36.6 Å². The molecule has 0 atom stereocenters. The van der Waals surface area contributed by atoms with Crippen molar-refractivity contribution in [2.45, 2.75) is 20.4 Å². The molecule has 0 spiro atoms. The highest BCUT2D eigenvalue weighted by Gasteiger charge is 2.10. The lowest BCUT2D eigenvalue weighted by atomic mass is 10.1. The first-order valence-corrected chi connectivity index (χ1v) is 6.26. The fourth-order valence-corrected chi connectivity index (χ4v) is 2.15. The summed E-state index contributed by atoms with van der Waals surface area (Å²) in [5, 5.41) is 9.70. The maximum absolute atomic E-state index is 12.2. The molecule has 2 rings (SSSR count). The molecule has 0 aliphatic heterocycles. The summed E-state index contributed by atoms with van der Waals surface area (Å²) in [4.78, 5) is 12.2. The second-order valence-electron chi connectivity index (χ2n) is 4.45. The highest BCUT2D eigenvalue weighted by molar-refractivity contribution is 6.31. The van der Waals surface area contributed by atoms with Crippen LogP contribution in [0.5, 0.6) is 0 Å². The van der Waals surface area contributed by atoms with Crippen molar-refractivity contribution in [2.75, 3.05) is 0 Å². The Morgan fingerprint density at radius 3 is 2.63 bits per heavy atom. The third kappa shape index (κ3) is 2.54. The number of hydrogen-bond acceptors (Lipinski definition) is 2. The first kappa shape index (κ1) is 13.4. The van der Waals surface area contributed by atoms with E-state index in [0.29, 0.717) is 11.6 Å². The maximum Gasteiger partial charge on any atom is 0.269 e. The standard InChI is InChI=1S/C15H13ClN2O/c1-10-8-18(15(19)13(7-17)11(10)2)9-12-5-3-4-6-14(12)16/h3-6,8H,9H2,1-2H3. The van der Waals surface area contributed by atoms with E-state index in [9.17, 15) is 4.79 Å². The van der Waals surface area contributed by atoms with E-state index in [1.165, 1.54) is 4.57 Å². The van der Waals surface area contributed by atoms with Crippen LogP contribution in [-0.2, 0) is 6.54 Å². The van der Waals surface area contributed by atoms with Crippen LogP contribution in [0.25, 0.3) is 0 Å². The Kier molecular flexibility index (Phi) is 3.73. The molecular formula is C15H13ClN2O.